The van der Waals surface area contributed by atoms with E-state index in [1.165, 1.54) is 0 Å². The number of halogens is 2. The summed E-state index contributed by atoms with van der Waals surface area (Å²) >= 11 is 5.72. The van der Waals surface area contributed by atoms with E-state index in [0.717, 1.165) is 0 Å². The van der Waals surface area contributed by atoms with E-state index in [2.05, 4.69) is 41.5 Å². The van der Waals surface area contributed by atoms with E-state index in [-0.39, 0.29) is 16.1 Å². The summed E-state index contributed by atoms with van der Waals surface area (Å²) in [5.41, 5.74) is 0.257. The average Bonchev–Trinajstić information content (AvgIpc) is 1.68. The monoisotopic (exact) mass is 248 g/mol. The molecule has 0 amide bonds. The summed E-state index contributed by atoms with van der Waals surface area (Å²) in [7, 11) is 0. The van der Waals surface area contributed by atoms with Crippen LogP contribution >= 0.6 is 31.9 Å². The van der Waals surface area contributed by atoms with Crippen molar-refractivity contribution in [2.24, 2.45) is 0 Å². The number of hydrogen-bond donors (Lipinski definition) is 0. The highest BCUT2D eigenvalue weighted by atomic mass is 79.9. The van der Waals surface area contributed by atoms with Gasteiger partial charge in [0.15, 0.2) is 0 Å². The molecule has 6 heteroatoms. The summed E-state index contributed by atoms with van der Waals surface area (Å²) in [5, 5.41) is 0.0174. The highest BCUT2D eigenvalue weighted by Crippen LogP contribution is 1.88. The quantitative estimate of drug-likeness (QED) is 0.558. The lowest BCUT2D eigenvalue weighted by Crippen LogP contribution is -2.07. The van der Waals surface area contributed by atoms with Crippen molar-refractivity contribution < 1.29 is 14.8 Å². The zero-order valence-electron chi connectivity index (χ0n) is 3.84. The van der Waals surface area contributed by atoms with Crippen molar-refractivity contribution in [3.05, 3.63) is 4.91 Å². The number of alkyl halides is 2. The Hall–Kier alpha value is 0.160. The van der Waals surface area contributed by atoms with Crippen LogP contribution in [0, 0.1) is 4.91 Å². The maximum Gasteiger partial charge on any atom is 0.479 e. The van der Waals surface area contributed by atoms with Crippen LogP contribution in [0.2, 0.25) is 0 Å². The van der Waals surface area contributed by atoms with E-state index in [4.69, 9.17) is 0 Å². The van der Waals surface area contributed by atoms with Crippen molar-refractivity contribution in [3.63, 3.8) is 0 Å². The van der Waals surface area contributed by atoms with Crippen molar-refractivity contribution in [2.75, 3.05) is 11.0 Å². The first-order chi connectivity index (χ1) is 3.81. The van der Waals surface area contributed by atoms with Gasteiger partial charge >= 0.3 is 5.09 Å². The third-order valence-electron chi connectivity index (χ3n) is 0.308. The third kappa shape index (κ3) is 4.32. The Morgan fingerprint density at radius 1 is 1.25 bits per heavy atom. The standard InChI is InChI=1S/C2H4Br2NO3/c3-1-7-5(6)8-2-4/h1-2H2/q+1. The van der Waals surface area contributed by atoms with Gasteiger partial charge in [0.05, 0.1) is 0 Å². The van der Waals surface area contributed by atoms with Gasteiger partial charge in [0.25, 0.3) is 0 Å². The summed E-state index contributed by atoms with van der Waals surface area (Å²) in [5.74, 6) is 0. The normalized spacial score (nSPS) is 8.25. The Morgan fingerprint density at radius 3 is 1.88 bits per heavy atom. The molecule has 48 valence electrons. The van der Waals surface area contributed by atoms with Crippen LogP contribution < -0.4 is 0 Å². The fraction of sp³-hybridized carbons (Fsp3) is 1.00. The average molecular weight is 250 g/mol. The fourth-order valence-electron chi connectivity index (χ4n) is 0.117. The van der Waals surface area contributed by atoms with Gasteiger partial charge in [0.1, 0.15) is 4.91 Å². The molecular formula is C2H4Br2NO3+. The van der Waals surface area contributed by atoms with Gasteiger partial charge in [-0.2, -0.15) is 9.68 Å². The zero-order chi connectivity index (χ0) is 6.41. The summed E-state index contributed by atoms with van der Waals surface area (Å²) < 4.78 is 0. The molecule has 0 saturated carbocycles. The van der Waals surface area contributed by atoms with Crippen molar-refractivity contribution in [1.29, 1.82) is 0 Å². The molecule has 0 atom stereocenters. The molecule has 0 aliphatic carbocycles. The lowest BCUT2D eigenvalue weighted by molar-refractivity contribution is -0.975. The first-order valence-electron chi connectivity index (χ1n) is 1.66. The van der Waals surface area contributed by atoms with Crippen LogP contribution in [0.15, 0.2) is 0 Å². The first-order valence-corrected chi connectivity index (χ1v) is 3.90. The molecule has 0 aliphatic heterocycles. The zero-order valence-corrected chi connectivity index (χ0v) is 7.01. The van der Waals surface area contributed by atoms with Gasteiger partial charge < -0.3 is 0 Å². The molecule has 0 N–H and O–H groups in total. The van der Waals surface area contributed by atoms with E-state index in [1.807, 2.05) is 0 Å². The molecule has 0 aromatic heterocycles. The molecule has 0 rings (SSSR count). The molecule has 4 nitrogen and oxygen atoms in total. The van der Waals surface area contributed by atoms with Gasteiger partial charge in [0, 0.05) is 0 Å². The summed E-state index contributed by atoms with van der Waals surface area (Å²) in [6.45, 7) is 0. The summed E-state index contributed by atoms with van der Waals surface area (Å²) in [6, 6.07) is 0. The molecule has 0 heterocycles. The Kier molecular flexibility index (Phi) is 5.41. The molecule has 0 aliphatic rings. The van der Waals surface area contributed by atoms with Crippen molar-refractivity contribution in [1.82, 2.24) is 0 Å². The Balaban J connectivity index is 3.06. The van der Waals surface area contributed by atoms with E-state index >= 15 is 0 Å². The highest BCUT2D eigenvalue weighted by Gasteiger charge is 2.07. The number of hydrogen-bond acceptors (Lipinski definition) is 3. The van der Waals surface area contributed by atoms with Crippen molar-refractivity contribution in [2.45, 2.75) is 0 Å². The number of nitrogens with zero attached hydrogens (tertiary/aromatic N) is 1. The molecule has 0 saturated heterocycles. The molecule has 0 unspecified atom stereocenters. The highest BCUT2D eigenvalue weighted by molar-refractivity contribution is 9.09. The molecule has 0 aromatic rings. The summed E-state index contributed by atoms with van der Waals surface area (Å²) in [6.07, 6.45) is 0. The molecule has 0 bridgehead atoms. The molecule has 8 heavy (non-hydrogen) atoms. The van der Waals surface area contributed by atoms with Gasteiger partial charge in [-0.05, 0) is 31.9 Å². The largest absolute Gasteiger partial charge is 0.479 e. The molecule has 0 radical (unpaired) electrons. The van der Waals surface area contributed by atoms with Gasteiger partial charge in [-0.1, -0.05) is 0 Å². The van der Waals surface area contributed by atoms with Gasteiger partial charge in [-0.15, -0.1) is 0 Å². The van der Waals surface area contributed by atoms with E-state index < -0.39 is 0 Å². The minimum atomic E-state index is 0.0174. The second-order valence-electron chi connectivity index (χ2n) is 0.700. The van der Waals surface area contributed by atoms with E-state index in [1.54, 1.807) is 0 Å². The lowest BCUT2D eigenvalue weighted by atomic mass is 11.7. The second kappa shape index (κ2) is 5.30. The van der Waals surface area contributed by atoms with Crippen LogP contribution in [0.4, 0.5) is 0 Å². The van der Waals surface area contributed by atoms with Crippen LogP contribution in [-0.4, -0.2) is 16.1 Å². The SMILES string of the molecule is O=[N+](OCBr)OCBr. The van der Waals surface area contributed by atoms with E-state index in [0.29, 0.717) is 0 Å². The van der Waals surface area contributed by atoms with Crippen molar-refractivity contribution >= 4 is 31.9 Å². The maximum atomic E-state index is 10.1. The van der Waals surface area contributed by atoms with Gasteiger partial charge in [0.2, 0.25) is 11.0 Å². The maximum absolute atomic E-state index is 10.1. The van der Waals surface area contributed by atoms with Gasteiger partial charge in [-0.25, -0.2) is 0 Å². The van der Waals surface area contributed by atoms with E-state index in [9.17, 15) is 4.91 Å². The van der Waals surface area contributed by atoms with Gasteiger partial charge in [-0.3, -0.25) is 0 Å². The topological polar surface area (TPSA) is 38.5 Å². The summed E-state index contributed by atoms with van der Waals surface area (Å²) in [4.78, 5) is 18.5. The van der Waals surface area contributed by atoms with Crippen LogP contribution in [0.25, 0.3) is 0 Å². The van der Waals surface area contributed by atoms with Crippen molar-refractivity contribution in [3.8, 4) is 0 Å². The minimum absolute atomic E-state index is 0.0174. The smallest absolute Gasteiger partial charge is 0.175 e. The predicted octanol–water partition coefficient (Wildman–Crippen LogP) is 1.33. The van der Waals surface area contributed by atoms with Crippen LogP contribution in [-0.2, 0) is 9.68 Å². The third-order valence-corrected chi connectivity index (χ3v) is 0.718. The van der Waals surface area contributed by atoms with Crippen LogP contribution in [0.5, 0.6) is 0 Å². The second-order valence-corrected chi connectivity index (χ2v) is 1.62. The number of rotatable bonds is 4. The lowest BCUT2D eigenvalue weighted by Gasteiger charge is -1.82. The first kappa shape index (κ1) is 8.16. The predicted molar refractivity (Wildman–Crippen MR) is 33.4 cm³/mol. The molecule has 0 aromatic carbocycles. The molecule has 0 spiro atoms. The molecular weight excluding hydrogens is 246 g/mol. The van der Waals surface area contributed by atoms with Crippen LogP contribution in [0.1, 0.15) is 0 Å². The Labute approximate surface area is 62.9 Å². The molecule has 0 fully saturated rings. The fourth-order valence-corrected chi connectivity index (χ4v) is 0.451. The Bertz CT molecular complexity index is 69.7. The minimum Gasteiger partial charge on any atom is -0.175 e. The Morgan fingerprint density at radius 2 is 1.62 bits per heavy atom. The van der Waals surface area contributed by atoms with Crippen LogP contribution in [0.3, 0.4) is 0 Å².